The highest BCUT2D eigenvalue weighted by Crippen LogP contribution is 2.30. The Kier molecular flexibility index (Phi) is 4.44. The van der Waals surface area contributed by atoms with Crippen molar-refractivity contribution in [2.75, 3.05) is 0 Å². The molecule has 0 saturated heterocycles. The van der Waals surface area contributed by atoms with Gasteiger partial charge in [0.2, 0.25) is 5.89 Å². The maximum Gasteiger partial charge on any atom is 0.304 e. The number of aromatic nitrogens is 1. The van der Waals surface area contributed by atoms with Crippen LogP contribution in [0.3, 0.4) is 0 Å². The van der Waals surface area contributed by atoms with Crippen LogP contribution >= 0.6 is 0 Å². The molecule has 1 aliphatic carbocycles. The van der Waals surface area contributed by atoms with E-state index in [1.807, 2.05) is 24.3 Å². The second-order valence-corrected chi connectivity index (χ2v) is 6.51. The zero-order valence-electron chi connectivity index (χ0n) is 14.2. The van der Waals surface area contributed by atoms with Crippen molar-refractivity contribution in [1.29, 1.82) is 0 Å². The Balaban J connectivity index is 1.47. The van der Waals surface area contributed by atoms with E-state index < -0.39 is 11.9 Å². The number of carboxylic acids is 1. The predicted molar refractivity (Wildman–Crippen MR) is 95.3 cm³/mol. The molecule has 0 fully saturated rings. The Hall–Kier alpha value is -3.08. The fourth-order valence-electron chi connectivity index (χ4n) is 3.50. The van der Waals surface area contributed by atoms with Gasteiger partial charge in [-0.1, -0.05) is 36.4 Å². The topological polar surface area (TPSA) is 72.6 Å². The highest BCUT2D eigenvalue weighted by atomic mass is 16.5. The SMILES string of the molecule is O=C(O)CC(c1ccc(OC2Cc3ccccc3C2)cc1)c1ncco1. The third kappa shape index (κ3) is 3.47. The van der Waals surface area contributed by atoms with Gasteiger partial charge in [-0.2, -0.15) is 0 Å². The lowest BCUT2D eigenvalue weighted by Gasteiger charge is -2.15. The monoisotopic (exact) mass is 349 g/mol. The van der Waals surface area contributed by atoms with Crippen LogP contribution in [0.4, 0.5) is 0 Å². The number of carbonyl (C=O) groups is 1. The average Bonchev–Trinajstić information content (AvgIpc) is 3.29. The molecule has 4 rings (SSSR count). The van der Waals surface area contributed by atoms with Crippen LogP contribution in [0.1, 0.15) is 34.9 Å². The normalized spacial score (nSPS) is 14.8. The van der Waals surface area contributed by atoms with E-state index in [1.54, 1.807) is 0 Å². The van der Waals surface area contributed by atoms with Gasteiger partial charge in [0.1, 0.15) is 18.1 Å². The largest absolute Gasteiger partial charge is 0.490 e. The van der Waals surface area contributed by atoms with Crippen LogP contribution in [0.15, 0.2) is 65.4 Å². The van der Waals surface area contributed by atoms with Crippen LogP contribution in [0, 0.1) is 0 Å². The molecule has 1 N–H and O–H groups in total. The number of hydrogen-bond acceptors (Lipinski definition) is 4. The number of ether oxygens (including phenoxy) is 1. The fourth-order valence-corrected chi connectivity index (χ4v) is 3.50. The van der Waals surface area contributed by atoms with Gasteiger partial charge in [-0.25, -0.2) is 4.98 Å². The number of hydrogen-bond donors (Lipinski definition) is 1. The summed E-state index contributed by atoms with van der Waals surface area (Å²) in [4.78, 5) is 15.3. The van der Waals surface area contributed by atoms with Crippen molar-refractivity contribution in [2.24, 2.45) is 0 Å². The van der Waals surface area contributed by atoms with Crippen molar-refractivity contribution in [3.05, 3.63) is 83.6 Å². The van der Waals surface area contributed by atoms with Gasteiger partial charge < -0.3 is 14.3 Å². The molecule has 2 aromatic carbocycles. The molecule has 0 bridgehead atoms. The lowest BCUT2D eigenvalue weighted by atomic mass is 9.95. The van der Waals surface area contributed by atoms with E-state index >= 15 is 0 Å². The van der Waals surface area contributed by atoms with Gasteiger partial charge >= 0.3 is 5.97 Å². The van der Waals surface area contributed by atoms with E-state index in [2.05, 4.69) is 29.2 Å². The molecule has 1 aromatic heterocycles. The smallest absolute Gasteiger partial charge is 0.304 e. The Morgan fingerprint density at radius 3 is 2.42 bits per heavy atom. The Morgan fingerprint density at radius 1 is 1.15 bits per heavy atom. The molecule has 132 valence electrons. The summed E-state index contributed by atoms with van der Waals surface area (Å²) < 4.78 is 11.4. The third-order valence-corrected chi connectivity index (χ3v) is 4.73. The molecule has 3 aromatic rings. The molecular formula is C21H19NO4. The predicted octanol–water partition coefficient (Wildman–Crippen LogP) is 3.83. The summed E-state index contributed by atoms with van der Waals surface area (Å²) in [7, 11) is 0. The molecule has 1 atom stereocenters. The molecule has 0 saturated carbocycles. The summed E-state index contributed by atoms with van der Waals surface area (Å²) in [5.41, 5.74) is 3.54. The minimum absolute atomic E-state index is 0.0708. The summed E-state index contributed by atoms with van der Waals surface area (Å²) >= 11 is 0. The van der Waals surface area contributed by atoms with Crippen molar-refractivity contribution in [3.63, 3.8) is 0 Å². The molecule has 5 heteroatoms. The third-order valence-electron chi connectivity index (χ3n) is 4.73. The van der Waals surface area contributed by atoms with Crippen molar-refractivity contribution >= 4 is 5.97 Å². The number of rotatable bonds is 6. The number of fused-ring (bicyclic) bond motifs is 1. The first-order chi connectivity index (χ1) is 12.7. The minimum atomic E-state index is -0.891. The van der Waals surface area contributed by atoms with Crippen LogP contribution in [-0.4, -0.2) is 22.2 Å². The second-order valence-electron chi connectivity index (χ2n) is 6.51. The first-order valence-corrected chi connectivity index (χ1v) is 8.63. The maximum absolute atomic E-state index is 11.2. The van der Waals surface area contributed by atoms with Gasteiger partial charge in [0.05, 0.1) is 18.5 Å². The Morgan fingerprint density at radius 2 is 1.85 bits per heavy atom. The number of aliphatic carboxylic acids is 1. The number of oxazole rings is 1. The zero-order valence-corrected chi connectivity index (χ0v) is 14.2. The van der Waals surface area contributed by atoms with E-state index in [0.717, 1.165) is 24.2 Å². The molecule has 5 nitrogen and oxygen atoms in total. The van der Waals surface area contributed by atoms with Crippen LogP contribution in [0.5, 0.6) is 5.75 Å². The second kappa shape index (κ2) is 7.04. The van der Waals surface area contributed by atoms with Crippen molar-refractivity contribution < 1.29 is 19.1 Å². The molecule has 0 amide bonds. The van der Waals surface area contributed by atoms with Crippen LogP contribution in [0.2, 0.25) is 0 Å². The van der Waals surface area contributed by atoms with Gasteiger partial charge in [-0.3, -0.25) is 4.79 Å². The van der Waals surface area contributed by atoms with Gasteiger partial charge in [0, 0.05) is 12.8 Å². The average molecular weight is 349 g/mol. The van der Waals surface area contributed by atoms with Crippen molar-refractivity contribution in [2.45, 2.75) is 31.3 Å². The fraction of sp³-hybridized carbons (Fsp3) is 0.238. The van der Waals surface area contributed by atoms with Crippen LogP contribution in [-0.2, 0) is 17.6 Å². The van der Waals surface area contributed by atoms with Crippen LogP contribution in [0.25, 0.3) is 0 Å². The van der Waals surface area contributed by atoms with Crippen molar-refractivity contribution in [1.82, 2.24) is 4.98 Å². The van der Waals surface area contributed by atoms with Crippen molar-refractivity contribution in [3.8, 4) is 5.75 Å². The summed E-state index contributed by atoms with van der Waals surface area (Å²) in [6.07, 6.45) is 4.88. The van der Waals surface area contributed by atoms with E-state index in [0.29, 0.717) is 5.89 Å². The maximum atomic E-state index is 11.2. The summed E-state index contributed by atoms with van der Waals surface area (Å²) in [6, 6.07) is 15.9. The summed E-state index contributed by atoms with van der Waals surface area (Å²) in [5.74, 6) is -0.107. The van der Waals surface area contributed by atoms with Gasteiger partial charge in [0.15, 0.2) is 0 Å². The van der Waals surface area contributed by atoms with E-state index in [-0.39, 0.29) is 12.5 Å². The molecule has 26 heavy (non-hydrogen) atoms. The quantitative estimate of drug-likeness (QED) is 0.732. The molecule has 1 unspecified atom stereocenters. The minimum Gasteiger partial charge on any atom is -0.490 e. The standard InChI is InChI=1S/C21H19NO4/c23-20(24)13-19(21-22-9-10-25-21)14-5-7-17(8-6-14)26-18-11-15-3-1-2-4-16(15)12-18/h1-10,18-19H,11-13H2,(H,23,24). The van der Waals surface area contributed by atoms with E-state index in [4.69, 9.17) is 9.15 Å². The van der Waals surface area contributed by atoms with Gasteiger partial charge in [-0.05, 0) is 28.8 Å². The first-order valence-electron chi connectivity index (χ1n) is 8.63. The lowest BCUT2D eigenvalue weighted by molar-refractivity contribution is -0.137. The number of benzene rings is 2. The van der Waals surface area contributed by atoms with Gasteiger partial charge in [-0.15, -0.1) is 0 Å². The molecule has 0 radical (unpaired) electrons. The van der Waals surface area contributed by atoms with Gasteiger partial charge in [0.25, 0.3) is 0 Å². The molecular weight excluding hydrogens is 330 g/mol. The van der Waals surface area contributed by atoms with E-state index in [1.165, 1.54) is 23.6 Å². The number of nitrogens with zero attached hydrogens (tertiary/aromatic N) is 1. The first kappa shape index (κ1) is 16.4. The van der Waals surface area contributed by atoms with Crippen LogP contribution < -0.4 is 4.74 Å². The number of carboxylic acid groups (broad SMARTS) is 1. The highest BCUT2D eigenvalue weighted by molar-refractivity contribution is 5.68. The molecule has 1 aliphatic rings. The lowest BCUT2D eigenvalue weighted by Crippen LogP contribution is -2.16. The summed E-state index contributed by atoms with van der Waals surface area (Å²) in [5, 5.41) is 9.18. The van der Waals surface area contributed by atoms with E-state index in [9.17, 15) is 9.90 Å². The zero-order chi connectivity index (χ0) is 17.9. The summed E-state index contributed by atoms with van der Waals surface area (Å²) in [6.45, 7) is 0. The molecule has 0 spiro atoms. The Bertz CT molecular complexity index is 862. The molecule has 0 aliphatic heterocycles. The molecule has 1 heterocycles. The highest BCUT2D eigenvalue weighted by Gasteiger charge is 2.24. The Labute approximate surface area is 151 Å².